The van der Waals surface area contributed by atoms with E-state index in [1.807, 2.05) is 13.8 Å². The smallest absolute Gasteiger partial charge is 0.163 e. The summed E-state index contributed by atoms with van der Waals surface area (Å²) in [5.41, 5.74) is 0.957. The highest BCUT2D eigenvalue weighted by Crippen LogP contribution is 2.33. The molecule has 0 N–H and O–H groups in total. The summed E-state index contributed by atoms with van der Waals surface area (Å²) in [5, 5.41) is 0. The molecule has 98 valence electrons. The van der Waals surface area contributed by atoms with Crippen molar-refractivity contribution in [1.82, 2.24) is 0 Å². The minimum atomic E-state index is -0.552. The molecule has 1 aliphatic rings. The molecule has 3 nitrogen and oxygen atoms in total. The molecule has 0 saturated carbocycles. The van der Waals surface area contributed by atoms with Crippen molar-refractivity contribution in [1.29, 1.82) is 0 Å². The van der Waals surface area contributed by atoms with Gasteiger partial charge in [0.25, 0.3) is 0 Å². The average Bonchev–Trinajstić information content (AvgIpc) is 2.53. The molecule has 0 aromatic rings. The Bertz CT molecular complexity index is 276. The third kappa shape index (κ3) is 4.78. The molecule has 0 bridgehead atoms. The highest BCUT2D eigenvalue weighted by Gasteiger charge is 2.40. The van der Waals surface area contributed by atoms with Gasteiger partial charge in [0.15, 0.2) is 5.79 Å². The van der Waals surface area contributed by atoms with Gasteiger partial charge in [-0.15, -0.1) is 11.6 Å². The topological polar surface area (TPSA) is 35.5 Å². The van der Waals surface area contributed by atoms with E-state index in [1.54, 1.807) is 0 Å². The van der Waals surface area contributed by atoms with E-state index in [1.165, 1.54) is 0 Å². The van der Waals surface area contributed by atoms with Crippen LogP contribution in [-0.4, -0.2) is 30.2 Å². The van der Waals surface area contributed by atoms with Crippen LogP contribution in [0.2, 0.25) is 0 Å². The van der Waals surface area contributed by atoms with Crippen LogP contribution in [0.5, 0.6) is 0 Å². The number of halogens is 1. The normalized spacial score (nSPS) is 27.0. The first-order chi connectivity index (χ1) is 7.98. The molecule has 17 heavy (non-hydrogen) atoms. The number of rotatable bonds is 7. The zero-order valence-electron chi connectivity index (χ0n) is 10.6. The number of hydrogen-bond acceptors (Lipinski definition) is 3. The van der Waals surface area contributed by atoms with Crippen molar-refractivity contribution in [3.63, 3.8) is 0 Å². The van der Waals surface area contributed by atoms with Gasteiger partial charge < -0.3 is 14.3 Å². The van der Waals surface area contributed by atoms with E-state index >= 15 is 0 Å². The molecule has 0 spiro atoms. The second-order valence-electron chi connectivity index (χ2n) is 4.90. The maximum absolute atomic E-state index is 10.3. The number of carbonyl (C=O) groups is 1. The quantitative estimate of drug-likeness (QED) is 0.305. The van der Waals surface area contributed by atoms with Gasteiger partial charge in [-0.25, -0.2) is 0 Å². The number of hydrogen-bond donors (Lipinski definition) is 0. The first-order valence-electron chi connectivity index (χ1n) is 6.00. The Kier molecular flexibility index (Phi) is 5.63. The summed E-state index contributed by atoms with van der Waals surface area (Å²) in [6.45, 7) is 7.70. The van der Waals surface area contributed by atoms with Crippen LogP contribution in [0, 0.1) is 0 Å². The molecule has 0 radical (unpaired) electrons. The lowest BCUT2D eigenvalue weighted by atomic mass is 10.0. The second-order valence-corrected chi connectivity index (χ2v) is 5.17. The molecular formula is C13H21ClO3. The summed E-state index contributed by atoms with van der Waals surface area (Å²) in [7, 11) is 0. The van der Waals surface area contributed by atoms with Crippen molar-refractivity contribution in [3.8, 4) is 0 Å². The Hall–Kier alpha value is -0.380. The van der Waals surface area contributed by atoms with Gasteiger partial charge in [-0.3, -0.25) is 0 Å². The van der Waals surface area contributed by atoms with E-state index < -0.39 is 5.79 Å². The zero-order chi connectivity index (χ0) is 12.9. The molecule has 0 aliphatic carbocycles. The molecule has 0 amide bonds. The van der Waals surface area contributed by atoms with Gasteiger partial charge in [-0.05, 0) is 33.1 Å². The summed E-state index contributed by atoms with van der Waals surface area (Å²) in [6.07, 6.45) is 3.93. The van der Waals surface area contributed by atoms with E-state index in [0.29, 0.717) is 12.3 Å². The number of carbonyl (C=O) groups excluding carboxylic acids is 1. The average molecular weight is 261 g/mol. The standard InChI is InChI=1S/C13H21ClO3/c1-10(9-14)8-12-11(6-4-5-7-15)16-13(2,3)17-12/h7,11-12H,1,4-6,8-9H2,2-3H3/t11-,12-/m1/s1. The molecule has 2 atom stereocenters. The fourth-order valence-corrected chi connectivity index (χ4v) is 2.18. The molecule has 0 aromatic carbocycles. The van der Waals surface area contributed by atoms with Crippen LogP contribution in [0.4, 0.5) is 0 Å². The molecule has 1 aliphatic heterocycles. The van der Waals surface area contributed by atoms with Gasteiger partial charge in [-0.2, -0.15) is 0 Å². The fraction of sp³-hybridized carbons (Fsp3) is 0.769. The highest BCUT2D eigenvalue weighted by molar-refractivity contribution is 6.19. The molecular weight excluding hydrogens is 240 g/mol. The third-order valence-electron chi connectivity index (χ3n) is 2.77. The molecule has 4 heteroatoms. The predicted molar refractivity (Wildman–Crippen MR) is 68.2 cm³/mol. The van der Waals surface area contributed by atoms with Crippen molar-refractivity contribution in [2.24, 2.45) is 0 Å². The van der Waals surface area contributed by atoms with Crippen LogP contribution in [0.15, 0.2) is 12.2 Å². The Morgan fingerprint density at radius 1 is 1.41 bits per heavy atom. The van der Waals surface area contributed by atoms with Crippen LogP contribution in [0.1, 0.15) is 39.5 Å². The minimum absolute atomic E-state index is 0.00269. The largest absolute Gasteiger partial charge is 0.345 e. The van der Waals surface area contributed by atoms with Crippen LogP contribution >= 0.6 is 11.6 Å². The van der Waals surface area contributed by atoms with Gasteiger partial charge in [0.2, 0.25) is 0 Å². The van der Waals surface area contributed by atoms with Crippen LogP contribution < -0.4 is 0 Å². The lowest BCUT2D eigenvalue weighted by Gasteiger charge is -2.17. The molecule has 1 saturated heterocycles. The SMILES string of the molecule is C=C(CCl)C[C@H]1OC(C)(C)O[C@@H]1CCCC=O. The lowest BCUT2D eigenvalue weighted by molar-refractivity contribution is -0.146. The third-order valence-corrected chi connectivity index (χ3v) is 3.15. The number of alkyl halides is 1. The van der Waals surface area contributed by atoms with Gasteiger partial charge >= 0.3 is 0 Å². The van der Waals surface area contributed by atoms with E-state index in [2.05, 4.69) is 6.58 Å². The number of unbranched alkanes of at least 4 members (excludes halogenated alkanes) is 1. The Morgan fingerprint density at radius 2 is 2.06 bits per heavy atom. The van der Waals surface area contributed by atoms with Crippen LogP contribution in [-0.2, 0) is 14.3 Å². The maximum atomic E-state index is 10.3. The van der Waals surface area contributed by atoms with Gasteiger partial charge in [0, 0.05) is 12.3 Å². The highest BCUT2D eigenvalue weighted by atomic mass is 35.5. The van der Waals surface area contributed by atoms with Gasteiger partial charge in [0.05, 0.1) is 12.2 Å². The summed E-state index contributed by atoms with van der Waals surface area (Å²) in [4.78, 5) is 10.3. The lowest BCUT2D eigenvalue weighted by Crippen LogP contribution is -2.23. The van der Waals surface area contributed by atoms with Crippen LogP contribution in [0.3, 0.4) is 0 Å². The summed E-state index contributed by atoms with van der Waals surface area (Å²) in [6, 6.07) is 0. The number of aldehydes is 1. The van der Waals surface area contributed by atoms with Crippen molar-refractivity contribution < 1.29 is 14.3 Å². The molecule has 1 heterocycles. The van der Waals surface area contributed by atoms with Crippen LogP contribution in [0.25, 0.3) is 0 Å². The van der Waals surface area contributed by atoms with Crippen molar-refractivity contribution >= 4 is 17.9 Å². The minimum Gasteiger partial charge on any atom is -0.345 e. The fourth-order valence-electron chi connectivity index (χ4n) is 2.07. The molecule has 1 fully saturated rings. The van der Waals surface area contributed by atoms with E-state index in [4.69, 9.17) is 21.1 Å². The number of ether oxygens (including phenoxy) is 2. The zero-order valence-corrected chi connectivity index (χ0v) is 11.3. The van der Waals surface area contributed by atoms with E-state index in [0.717, 1.165) is 31.1 Å². The molecule has 1 rings (SSSR count). The predicted octanol–water partition coefficient (Wildman–Crippen LogP) is 3.06. The Balaban J connectivity index is 2.51. The molecule has 0 aromatic heterocycles. The molecule has 0 unspecified atom stereocenters. The Morgan fingerprint density at radius 3 is 2.65 bits per heavy atom. The second kappa shape index (κ2) is 6.53. The van der Waals surface area contributed by atoms with Gasteiger partial charge in [-0.1, -0.05) is 12.2 Å². The van der Waals surface area contributed by atoms with Crippen molar-refractivity contribution in [2.45, 2.75) is 57.5 Å². The summed E-state index contributed by atoms with van der Waals surface area (Å²) in [5.74, 6) is -0.107. The van der Waals surface area contributed by atoms with E-state index in [9.17, 15) is 4.79 Å². The van der Waals surface area contributed by atoms with Gasteiger partial charge in [0.1, 0.15) is 6.29 Å². The van der Waals surface area contributed by atoms with Crippen molar-refractivity contribution in [3.05, 3.63) is 12.2 Å². The maximum Gasteiger partial charge on any atom is 0.163 e. The first kappa shape index (κ1) is 14.7. The monoisotopic (exact) mass is 260 g/mol. The summed E-state index contributed by atoms with van der Waals surface area (Å²) >= 11 is 5.73. The van der Waals surface area contributed by atoms with E-state index in [-0.39, 0.29) is 12.2 Å². The first-order valence-corrected chi connectivity index (χ1v) is 6.54. The Labute approximate surface area is 108 Å². The van der Waals surface area contributed by atoms with Crippen molar-refractivity contribution in [2.75, 3.05) is 5.88 Å². The summed E-state index contributed by atoms with van der Waals surface area (Å²) < 4.78 is 11.7.